The highest BCUT2D eigenvalue weighted by molar-refractivity contribution is 5.75. The molecule has 1 aromatic rings. The first-order chi connectivity index (χ1) is 9.69. The Hall–Kier alpha value is -1.40. The van der Waals surface area contributed by atoms with Crippen LogP contribution in [0.5, 0.6) is 0 Å². The first-order valence-corrected chi connectivity index (χ1v) is 7.42. The van der Waals surface area contributed by atoms with Crippen LogP contribution in [0, 0.1) is 0 Å². The lowest BCUT2D eigenvalue weighted by molar-refractivity contribution is -0.119. The molecule has 0 unspecified atom stereocenters. The third-order valence-electron chi connectivity index (χ3n) is 3.80. The SMILES string of the molecule is CCCn1cncc1CNC1CCN(CC(N)=O)CC1. The topological polar surface area (TPSA) is 76.2 Å². The molecule has 20 heavy (non-hydrogen) atoms. The minimum absolute atomic E-state index is 0.236. The third-order valence-corrected chi connectivity index (χ3v) is 3.80. The summed E-state index contributed by atoms with van der Waals surface area (Å²) in [7, 11) is 0. The number of piperidine rings is 1. The number of imidazole rings is 1. The summed E-state index contributed by atoms with van der Waals surface area (Å²) in [6.45, 7) is 6.32. The summed E-state index contributed by atoms with van der Waals surface area (Å²) in [5.74, 6) is -0.236. The molecule has 1 aliphatic heterocycles. The lowest BCUT2D eigenvalue weighted by Crippen LogP contribution is -2.45. The summed E-state index contributed by atoms with van der Waals surface area (Å²) in [6.07, 6.45) is 7.08. The predicted molar refractivity (Wildman–Crippen MR) is 78.0 cm³/mol. The van der Waals surface area contributed by atoms with E-state index in [-0.39, 0.29) is 5.91 Å². The molecule has 3 N–H and O–H groups in total. The minimum atomic E-state index is -0.236. The van der Waals surface area contributed by atoms with Gasteiger partial charge in [0.2, 0.25) is 5.91 Å². The minimum Gasteiger partial charge on any atom is -0.369 e. The summed E-state index contributed by atoms with van der Waals surface area (Å²) >= 11 is 0. The Kier molecular flexibility index (Phi) is 5.55. The Morgan fingerprint density at radius 1 is 1.50 bits per heavy atom. The van der Waals surface area contributed by atoms with Crippen LogP contribution in [0.15, 0.2) is 12.5 Å². The van der Waals surface area contributed by atoms with E-state index in [9.17, 15) is 4.79 Å². The van der Waals surface area contributed by atoms with Crippen molar-refractivity contribution >= 4 is 5.91 Å². The first kappa shape index (κ1) is 15.0. The fourth-order valence-corrected chi connectivity index (χ4v) is 2.70. The number of carbonyl (C=O) groups excluding carboxylic acids is 1. The van der Waals surface area contributed by atoms with Crippen molar-refractivity contribution in [2.45, 2.75) is 45.3 Å². The summed E-state index contributed by atoms with van der Waals surface area (Å²) < 4.78 is 2.20. The quantitative estimate of drug-likeness (QED) is 0.754. The van der Waals surface area contributed by atoms with Crippen molar-refractivity contribution in [3.05, 3.63) is 18.2 Å². The summed E-state index contributed by atoms with van der Waals surface area (Å²) in [4.78, 5) is 17.2. The number of aromatic nitrogens is 2. The second-order valence-corrected chi connectivity index (χ2v) is 5.48. The number of nitrogens with two attached hydrogens (primary N) is 1. The summed E-state index contributed by atoms with van der Waals surface area (Å²) in [5, 5.41) is 3.59. The van der Waals surface area contributed by atoms with Crippen molar-refractivity contribution < 1.29 is 4.79 Å². The van der Waals surface area contributed by atoms with Crippen molar-refractivity contribution in [3.63, 3.8) is 0 Å². The van der Waals surface area contributed by atoms with Crippen LogP contribution in [-0.2, 0) is 17.9 Å². The van der Waals surface area contributed by atoms with Gasteiger partial charge in [0.15, 0.2) is 0 Å². The molecule has 1 aliphatic rings. The van der Waals surface area contributed by atoms with Crippen molar-refractivity contribution in [2.24, 2.45) is 5.73 Å². The predicted octanol–water partition coefficient (Wildman–Crippen LogP) is 0.332. The molecule has 0 atom stereocenters. The Morgan fingerprint density at radius 3 is 2.90 bits per heavy atom. The van der Waals surface area contributed by atoms with E-state index in [0.29, 0.717) is 12.6 Å². The maximum atomic E-state index is 10.9. The standard InChI is InChI=1S/C14H25N5O/c1-2-5-19-11-16-8-13(19)9-17-12-3-6-18(7-4-12)10-14(15)20/h8,11-12,17H,2-7,9-10H2,1H3,(H2,15,20). The Balaban J connectivity index is 1.73. The van der Waals surface area contributed by atoms with Crippen LogP contribution in [0.3, 0.4) is 0 Å². The maximum Gasteiger partial charge on any atom is 0.231 e. The van der Waals surface area contributed by atoms with Gasteiger partial charge in [0, 0.05) is 38.4 Å². The van der Waals surface area contributed by atoms with Gasteiger partial charge >= 0.3 is 0 Å². The highest BCUT2D eigenvalue weighted by Crippen LogP contribution is 2.11. The average molecular weight is 279 g/mol. The van der Waals surface area contributed by atoms with E-state index >= 15 is 0 Å². The van der Waals surface area contributed by atoms with E-state index in [0.717, 1.165) is 45.4 Å². The molecule has 1 fully saturated rings. The Morgan fingerprint density at radius 2 is 2.25 bits per heavy atom. The van der Waals surface area contributed by atoms with Crippen molar-refractivity contribution in [3.8, 4) is 0 Å². The highest BCUT2D eigenvalue weighted by Gasteiger charge is 2.19. The van der Waals surface area contributed by atoms with Gasteiger partial charge in [0.05, 0.1) is 18.6 Å². The van der Waals surface area contributed by atoms with Gasteiger partial charge in [-0.05, 0) is 19.3 Å². The second kappa shape index (κ2) is 7.40. The fourth-order valence-electron chi connectivity index (χ4n) is 2.70. The third kappa shape index (κ3) is 4.31. The summed E-state index contributed by atoms with van der Waals surface area (Å²) in [6, 6.07) is 0.518. The number of likely N-dealkylation sites (tertiary alicyclic amines) is 1. The number of hydrogen-bond donors (Lipinski definition) is 2. The number of nitrogens with one attached hydrogen (secondary N) is 1. The lowest BCUT2D eigenvalue weighted by atomic mass is 10.0. The molecule has 0 bridgehead atoms. The van der Waals surface area contributed by atoms with Crippen LogP contribution >= 0.6 is 0 Å². The zero-order valence-corrected chi connectivity index (χ0v) is 12.2. The van der Waals surface area contributed by atoms with Crippen molar-refractivity contribution in [1.29, 1.82) is 0 Å². The molecule has 1 amide bonds. The van der Waals surface area contributed by atoms with Gasteiger partial charge in [0.25, 0.3) is 0 Å². The van der Waals surface area contributed by atoms with E-state index < -0.39 is 0 Å². The molecule has 0 aromatic carbocycles. The van der Waals surface area contributed by atoms with Crippen molar-refractivity contribution in [1.82, 2.24) is 19.8 Å². The molecule has 1 aromatic heterocycles. The molecule has 0 spiro atoms. The van der Waals surface area contributed by atoms with Gasteiger partial charge in [-0.15, -0.1) is 0 Å². The lowest BCUT2D eigenvalue weighted by Gasteiger charge is -2.31. The molecule has 1 saturated heterocycles. The van der Waals surface area contributed by atoms with Gasteiger partial charge in [0.1, 0.15) is 0 Å². The van der Waals surface area contributed by atoms with Gasteiger partial charge in [-0.2, -0.15) is 0 Å². The van der Waals surface area contributed by atoms with Crippen LogP contribution in [0.4, 0.5) is 0 Å². The van der Waals surface area contributed by atoms with Crippen LogP contribution < -0.4 is 11.1 Å². The van der Waals surface area contributed by atoms with Crippen LogP contribution in [0.2, 0.25) is 0 Å². The highest BCUT2D eigenvalue weighted by atomic mass is 16.1. The van der Waals surface area contributed by atoms with Gasteiger partial charge in [-0.25, -0.2) is 4.98 Å². The largest absolute Gasteiger partial charge is 0.369 e. The van der Waals surface area contributed by atoms with Crippen LogP contribution in [-0.4, -0.2) is 46.0 Å². The fraction of sp³-hybridized carbons (Fsp3) is 0.714. The molecule has 0 saturated carbocycles. The monoisotopic (exact) mass is 279 g/mol. The van der Waals surface area contributed by atoms with E-state index in [2.05, 4.69) is 26.7 Å². The molecule has 2 heterocycles. The van der Waals surface area contributed by atoms with E-state index in [1.807, 2.05) is 12.5 Å². The van der Waals surface area contributed by atoms with E-state index in [4.69, 9.17) is 5.73 Å². The number of carbonyl (C=O) groups is 1. The number of primary amides is 1. The van der Waals surface area contributed by atoms with Crippen LogP contribution in [0.1, 0.15) is 31.9 Å². The molecule has 6 heteroatoms. The van der Waals surface area contributed by atoms with Gasteiger partial charge in [-0.1, -0.05) is 6.92 Å². The van der Waals surface area contributed by atoms with Gasteiger partial charge < -0.3 is 15.6 Å². The van der Waals surface area contributed by atoms with Crippen molar-refractivity contribution in [2.75, 3.05) is 19.6 Å². The molecular formula is C14H25N5O. The average Bonchev–Trinajstić information content (AvgIpc) is 2.85. The molecule has 0 radical (unpaired) electrons. The van der Waals surface area contributed by atoms with Crippen LogP contribution in [0.25, 0.3) is 0 Å². The maximum absolute atomic E-state index is 10.9. The van der Waals surface area contributed by atoms with Gasteiger partial charge in [-0.3, -0.25) is 9.69 Å². The van der Waals surface area contributed by atoms with E-state index in [1.165, 1.54) is 5.69 Å². The number of amides is 1. The molecule has 6 nitrogen and oxygen atoms in total. The summed E-state index contributed by atoms with van der Waals surface area (Å²) in [5.41, 5.74) is 6.46. The molecule has 2 rings (SSSR count). The Labute approximate surface area is 120 Å². The number of hydrogen-bond acceptors (Lipinski definition) is 4. The van der Waals surface area contributed by atoms with E-state index in [1.54, 1.807) is 0 Å². The molecule has 0 aliphatic carbocycles. The Bertz CT molecular complexity index is 423. The second-order valence-electron chi connectivity index (χ2n) is 5.48. The smallest absolute Gasteiger partial charge is 0.231 e. The first-order valence-electron chi connectivity index (χ1n) is 7.42. The zero-order valence-electron chi connectivity index (χ0n) is 12.2. The number of rotatable bonds is 7. The zero-order chi connectivity index (χ0) is 14.4. The number of aryl methyl sites for hydroxylation is 1. The normalized spacial score (nSPS) is 17.4. The molecular weight excluding hydrogens is 254 g/mol. The molecule has 112 valence electrons. The number of nitrogens with zero attached hydrogens (tertiary/aromatic N) is 3.